The summed E-state index contributed by atoms with van der Waals surface area (Å²) in [6.07, 6.45) is 0. The van der Waals surface area contributed by atoms with Gasteiger partial charge in [0.05, 0.1) is 0 Å². The highest BCUT2D eigenvalue weighted by Crippen LogP contribution is 2.14. The second-order valence-electron chi connectivity index (χ2n) is 2.33. The summed E-state index contributed by atoms with van der Waals surface area (Å²) in [7, 11) is 0. The molecule has 0 saturated heterocycles. The van der Waals surface area contributed by atoms with Gasteiger partial charge < -0.3 is 0 Å². The molecule has 0 aliphatic rings. The smallest absolute Gasteiger partial charge is 0.00460 e. The third-order valence-electron chi connectivity index (χ3n) is 1.34. The maximum atomic E-state index is 4.21. The first kappa shape index (κ1) is 7.42. The lowest BCUT2D eigenvalue weighted by Crippen LogP contribution is -1.75. The molecule has 0 fully saturated rings. The van der Waals surface area contributed by atoms with Gasteiger partial charge in [-0.2, -0.15) is 0 Å². The summed E-state index contributed by atoms with van der Waals surface area (Å²) in [5.74, 6) is 0. The van der Waals surface area contributed by atoms with Gasteiger partial charge in [0.2, 0.25) is 0 Å². The molecule has 52 valence electrons. The normalized spacial score (nSPS) is 9.40. The van der Waals surface area contributed by atoms with E-state index in [2.05, 4.69) is 19.2 Å². The van der Waals surface area contributed by atoms with Gasteiger partial charge in [0.25, 0.3) is 0 Å². The van der Waals surface area contributed by atoms with Crippen LogP contribution in [0.3, 0.4) is 0 Å². The number of hydrogen-bond acceptors (Lipinski definition) is 1. The Labute approximate surface area is 67.0 Å². The second kappa shape index (κ2) is 2.93. The molecular weight excluding hydrogens is 140 g/mol. The predicted molar refractivity (Wildman–Crippen MR) is 48.4 cm³/mol. The summed E-state index contributed by atoms with van der Waals surface area (Å²) in [4.78, 5) is 0.987. The molecule has 10 heavy (non-hydrogen) atoms. The molecule has 1 aromatic rings. The molecule has 0 radical (unpaired) electrons. The zero-order valence-corrected chi connectivity index (χ0v) is 6.86. The van der Waals surface area contributed by atoms with Crippen molar-refractivity contribution in [2.45, 2.75) is 11.8 Å². The van der Waals surface area contributed by atoms with Gasteiger partial charge in [-0.3, -0.25) is 0 Å². The third kappa shape index (κ3) is 1.64. The molecule has 0 saturated carbocycles. The molecule has 0 atom stereocenters. The number of allylic oxidation sites excluding steroid dienone is 1. The lowest BCUT2D eigenvalue weighted by Gasteiger charge is -1.98. The maximum absolute atomic E-state index is 4.21. The summed E-state index contributed by atoms with van der Waals surface area (Å²) in [5, 5.41) is 0. The molecule has 0 bridgehead atoms. The lowest BCUT2D eigenvalue weighted by molar-refractivity contribution is 1.43. The minimum absolute atomic E-state index is 0.987. The summed E-state index contributed by atoms with van der Waals surface area (Å²) in [6.45, 7) is 5.82. The van der Waals surface area contributed by atoms with Crippen molar-refractivity contribution in [1.82, 2.24) is 0 Å². The van der Waals surface area contributed by atoms with E-state index in [0.29, 0.717) is 0 Å². The average Bonchev–Trinajstić information content (AvgIpc) is 1.88. The lowest BCUT2D eigenvalue weighted by atomic mass is 10.1. The van der Waals surface area contributed by atoms with Gasteiger partial charge in [-0.1, -0.05) is 24.3 Å². The Morgan fingerprint density at radius 2 is 2.20 bits per heavy atom. The predicted octanol–water partition coefficient (Wildman–Crippen LogP) is 3.01. The van der Waals surface area contributed by atoms with Crippen LogP contribution in [0, 0.1) is 0 Å². The quantitative estimate of drug-likeness (QED) is 0.584. The molecule has 0 aliphatic heterocycles. The molecule has 0 aliphatic carbocycles. The molecule has 0 nitrogen and oxygen atoms in total. The van der Waals surface area contributed by atoms with E-state index >= 15 is 0 Å². The van der Waals surface area contributed by atoms with Crippen molar-refractivity contribution in [2.75, 3.05) is 0 Å². The zero-order chi connectivity index (χ0) is 7.56. The van der Waals surface area contributed by atoms with Crippen LogP contribution in [-0.4, -0.2) is 0 Å². The van der Waals surface area contributed by atoms with Crippen LogP contribution in [0.5, 0.6) is 0 Å². The summed E-state index contributed by atoms with van der Waals surface area (Å²) < 4.78 is 0. The molecule has 0 spiro atoms. The van der Waals surface area contributed by atoms with Gasteiger partial charge in [0.1, 0.15) is 0 Å². The van der Waals surface area contributed by atoms with Crippen molar-refractivity contribution in [3.8, 4) is 0 Å². The molecule has 0 unspecified atom stereocenters. The van der Waals surface area contributed by atoms with Crippen molar-refractivity contribution in [3.05, 3.63) is 36.4 Å². The highest BCUT2D eigenvalue weighted by atomic mass is 32.1. The summed E-state index contributed by atoms with van der Waals surface area (Å²) in [6, 6.07) is 7.97. The van der Waals surface area contributed by atoms with Crippen LogP contribution in [0.4, 0.5) is 0 Å². The van der Waals surface area contributed by atoms with Gasteiger partial charge in [-0.15, -0.1) is 12.6 Å². The van der Waals surface area contributed by atoms with Crippen molar-refractivity contribution in [1.29, 1.82) is 0 Å². The fourth-order valence-corrected chi connectivity index (χ4v) is 0.997. The van der Waals surface area contributed by atoms with E-state index in [1.54, 1.807) is 0 Å². The van der Waals surface area contributed by atoms with Gasteiger partial charge in [-0.05, 0) is 24.6 Å². The first-order valence-electron chi connectivity index (χ1n) is 3.15. The Balaban J connectivity index is 3.07. The van der Waals surface area contributed by atoms with Gasteiger partial charge in [0, 0.05) is 4.90 Å². The Morgan fingerprint density at radius 3 is 2.60 bits per heavy atom. The highest BCUT2D eigenvalue weighted by molar-refractivity contribution is 7.80. The SMILES string of the molecule is C=C(C)c1cccc(S)c1. The van der Waals surface area contributed by atoms with Gasteiger partial charge in [0.15, 0.2) is 0 Å². The molecule has 1 heteroatoms. The standard InChI is InChI=1S/C9H10S/c1-7(2)8-4-3-5-9(10)6-8/h3-6,10H,1H2,2H3. The van der Waals surface area contributed by atoms with Crippen molar-refractivity contribution in [2.24, 2.45) is 0 Å². The van der Waals surface area contributed by atoms with E-state index in [0.717, 1.165) is 16.0 Å². The molecular formula is C9H10S. The van der Waals surface area contributed by atoms with E-state index in [1.807, 2.05) is 31.2 Å². The Morgan fingerprint density at radius 1 is 1.50 bits per heavy atom. The van der Waals surface area contributed by atoms with Crippen molar-refractivity contribution >= 4 is 18.2 Å². The van der Waals surface area contributed by atoms with Gasteiger partial charge >= 0.3 is 0 Å². The van der Waals surface area contributed by atoms with E-state index in [9.17, 15) is 0 Å². The molecule has 0 heterocycles. The number of rotatable bonds is 1. The zero-order valence-electron chi connectivity index (χ0n) is 5.96. The average molecular weight is 150 g/mol. The molecule has 0 aromatic heterocycles. The first-order valence-corrected chi connectivity index (χ1v) is 3.60. The molecule has 1 rings (SSSR count). The topological polar surface area (TPSA) is 0 Å². The number of hydrogen-bond donors (Lipinski definition) is 1. The number of thiol groups is 1. The largest absolute Gasteiger partial charge is 0.143 e. The Bertz CT molecular complexity index is 251. The minimum atomic E-state index is 0.987. The van der Waals surface area contributed by atoms with E-state index in [-0.39, 0.29) is 0 Å². The highest BCUT2D eigenvalue weighted by Gasteiger charge is 1.91. The molecule has 0 N–H and O–H groups in total. The first-order chi connectivity index (χ1) is 4.70. The van der Waals surface area contributed by atoms with Crippen molar-refractivity contribution < 1.29 is 0 Å². The molecule has 0 amide bonds. The van der Waals surface area contributed by atoms with Crippen LogP contribution in [0.2, 0.25) is 0 Å². The van der Waals surface area contributed by atoms with E-state index in [4.69, 9.17) is 0 Å². The number of benzene rings is 1. The fourth-order valence-electron chi connectivity index (χ4n) is 0.771. The van der Waals surface area contributed by atoms with Crippen LogP contribution in [0.25, 0.3) is 5.57 Å². The summed E-state index contributed by atoms with van der Waals surface area (Å²) in [5.41, 5.74) is 2.24. The third-order valence-corrected chi connectivity index (χ3v) is 1.62. The monoisotopic (exact) mass is 150 g/mol. The Hall–Kier alpha value is -0.690. The van der Waals surface area contributed by atoms with E-state index in [1.165, 1.54) is 0 Å². The van der Waals surface area contributed by atoms with Crippen LogP contribution < -0.4 is 0 Å². The van der Waals surface area contributed by atoms with Crippen LogP contribution in [0.15, 0.2) is 35.7 Å². The second-order valence-corrected chi connectivity index (χ2v) is 2.85. The summed E-state index contributed by atoms with van der Waals surface area (Å²) >= 11 is 4.21. The van der Waals surface area contributed by atoms with E-state index < -0.39 is 0 Å². The van der Waals surface area contributed by atoms with Crippen LogP contribution in [0.1, 0.15) is 12.5 Å². The van der Waals surface area contributed by atoms with Crippen LogP contribution >= 0.6 is 12.6 Å². The fraction of sp³-hybridized carbons (Fsp3) is 0.111. The van der Waals surface area contributed by atoms with Crippen LogP contribution in [-0.2, 0) is 0 Å². The Kier molecular flexibility index (Phi) is 2.17. The van der Waals surface area contributed by atoms with Crippen molar-refractivity contribution in [3.63, 3.8) is 0 Å². The minimum Gasteiger partial charge on any atom is -0.143 e. The van der Waals surface area contributed by atoms with Gasteiger partial charge in [-0.25, -0.2) is 0 Å². The molecule has 1 aromatic carbocycles. The maximum Gasteiger partial charge on any atom is 0.00460 e.